The van der Waals surface area contributed by atoms with E-state index in [2.05, 4.69) is 16.0 Å². The van der Waals surface area contributed by atoms with E-state index in [1.165, 1.54) is 32.1 Å². The number of hydrogen-bond acceptors (Lipinski definition) is 3. The van der Waals surface area contributed by atoms with Gasteiger partial charge < -0.3 is 14.8 Å². The van der Waals surface area contributed by atoms with Gasteiger partial charge in [-0.3, -0.25) is 4.90 Å². The summed E-state index contributed by atoms with van der Waals surface area (Å²) in [5.41, 5.74) is 2.95. The molecule has 1 aromatic carbocycles. The van der Waals surface area contributed by atoms with Gasteiger partial charge >= 0.3 is 5.97 Å². The smallest absolute Gasteiger partial charge is 0.338 e. The molecule has 2 unspecified atom stereocenters. The summed E-state index contributed by atoms with van der Waals surface area (Å²) < 4.78 is 6.83. The number of fused-ring (bicyclic) bond motifs is 3. The van der Waals surface area contributed by atoms with Crippen LogP contribution in [-0.2, 0) is 6.42 Å². The minimum Gasteiger partial charge on any atom is -0.478 e. The number of nitrogens with zero attached hydrogens (tertiary/aromatic N) is 1. The fourth-order valence-corrected chi connectivity index (χ4v) is 5.83. The first-order valence-electron chi connectivity index (χ1n) is 10.4. The van der Waals surface area contributed by atoms with Gasteiger partial charge in [0, 0.05) is 47.6 Å². The molecule has 3 aliphatic heterocycles. The third-order valence-corrected chi connectivity index (χ3v) is 7.03. The van der Waals surface area contributed by atoms with Crippen LogP contribution in [0.2, 0.25) is 0 Å². The minimum atomic E-state index is -0.858. The lowest BCUT2D eigenvalue weighted by atomic mass is 9.75. The summed E-state index contributed by atoms with van der Waals surface area (Å²) in [5.74, 6) is 0.482. The lowest BCUT2D eigenvalue weighted by Crippen LogP contribution is -2.63. The zero-order chi connectivity index (χ0) is 18.6. The van der Waals surface area contributed by atoms with E-state index in [9.17, 15) is 9.90 Å². The first-order chi connectivity index (χ1) is 13.1. The van der Waals surface area contributed by atoms with Crippen LogP contribution in [-0.4, -0.2) is 39.8 Å². The molecule has 5 nitrogen and oxygen atoms in total. The van der Waals surface area contributed by atoms with E-state index in [1.54, 1.807) is 0 Å². The normalized spacial score (nSPS) is 28.4. The average Bonchev–Trinajstić information content (AvgIpc) is 2.97. The molecule has 0 aliphatic carbocycles. The van der Waals surface area contributed by atoms with Crippen molar-refractivity contribution in [1.29, 1.82) is 0 Å². The van der Waals surface area contributed by atoms with E-state index in [0.29, 0.717) is 11.5 Å². The Morgan fingerprint density at radius 1 is 1.22 bits per heavy atom. The van der Waals surface area contributed by atoms with Crippen LogP contribution >= 0.6 is 0 Å². The van der Waals surface area contributed by atoms with Gasteiger partial charge in [-0.2, -0.15) is 0 Å². The van der Waals surface area contributed by atoms with Crippen LogP contribution < -0.4 is 4.74 Å². The van der Waals surface area contributed by atoms with Crippen LogP contribution in [0.4, 0.5) is 0 Å². The predicted octanol–water partition coefficient (Wildman–Crippen LogP) is 4.48. The number of benzene rings is 1. The number of aromatic nitrogens is 1. The van der Waals surface area contributed by atoms with Gasteiger partial charge in [0.25, 0.3) is 0 Å². The number of ether oxygens (including phenoxy) is 1. The Morgan fingerprint density at radius 3 is 2.89 bits per heavy atom. The molecule has 3 aliphatic rings. The highest BCUT2D eigenvalue weighted by atomic mass is 16.5. The lowest BCUT2D eigenvalue weighted by molar-refractivity contribution is -0.167. The fourth-order valence-electron chi connectivity index (χ4n) is 5.83. The first-order valence-corrected chi connectivity index (χ1v) is 10.4. The molecular weight excluding hydrogens is 340 g/mol. The van der Waals surface area contributed by atoms with Gasteiger partial charge in [0.2, 0.25) is 0 Å². The number of piperidine rings is 1. The third kappa shape index (κ3) is 2.51. The van der Waals surface area contributed by atoms with E-state index >= 15 is 0 Å². The molecular formula is C22H28N2O3. The number of aromatic carboxylic acids is 1. The molecule has 144 valence electrons. The summed E-state index contributed by atoms with van der Waals surface area (Å²) in [5, 5.41) is 10.6. The molecule has 0 bridgehead atoms. The highest BCUT2D eigenvalue weighted by molar-refractivity contribution is 6.06. The molecule has 2 atom stereocenters. The predicted molar refractivity (Wildman–Crippen MR) is 104 cm³/mol. The van der Waals surface area contributed by atoms with Crippen molar-refractivity contribution in [2.75, 3.05) is 13.1 Å². The molecule has 1 spiro atoms. The highest BCUT2D eigenvalue weighted by Gasteiger charge is 2.51. The quantitative estimate of drug-likeness (QED) is 0.779. The molecule has 2 fully saturated rings. The van der Waals surface area contributed by atoms with Gasteiger partial charge in [0.1, 0.15) is 5.75 Å². The van der Waals surface area contributed by atoms with Gasteiger partial charge in [-0.15, -0.1) is 0 Å². The van der Waals surface area contributed by atoms with Crippen molar-refractivity contribution in [2.45, 2.75) is 64.0 Å². The van der Waals surface area contributed by atoms with Gasteiger partial charge in [0.15, 0.2) is 5.72 Å². The van der Waals surface area contributed by atoms with Crippen LogP contribution in [0, 0.1) is 12.8 Å². The monoisotopic (exact) mass is 368 g/mol. The number of carboxylic acids is 1. The summed E-state index contributed by atoms with van der Waals surface area (Å²) in [7, 11) is 0. The summed E-state index contributed by atoms with van der Waals surface area (Å²) >= 11 is 0. The largest absolute Gasteiger partial charge is 0.478 e. The van der Waals surface area contributed by atoms with Crippen molar-refractivity contribution < 1.29 is 14.6 Å². The number of nitrogens with one attached hydrogen (secondary N) is 1. The van der Waals surface area contributed by atoms with Gasteiger partial charge in [-0.05, 0) is 51.2 Å². The fraction of sp³-hybridized carbons (Fsp3) is 0.591. The van der Waals surface area contributed by atoms with Crippen molar-refractivity contribution in [1.82, 2.24) is 9.88 Å². The topological polar surface area (TPSA) is 65.6 Å². The second-order valence-corrected chi connectivity index (χ2v) is 8.54. The Morgan fingerprint density at radius 2 is 2.04 bits per heavy atom. The number of carbonyl (C=O) groups is 1. The maximum absolute atomic E-state index is 11.9. The number of hydrogen-bond donors (Lipinski definition) is 2. The molecule has 4 heterocycles. The Kier molecular flexibility index (Phi) is 3.97. The molecule has 2 N–H and O–H groups in total. The maximum atomic E-state index is 11.9. The number of H-pyrrole nitrogens is 1. The van der Waals surface area contributed by atoms with Gasteiger partial charge in [0.05, 0.1) is 5.56 Å². The highest BCUT2D eigenvalue weighted by Crippen LogP contribution is 2.49. The van der Waals surface area contributed by atoms with E-state index in [-0.39, 0.29) is 5.72 Å². The Balaban J connectivity index is 1.65. The summed E-state index contributed by atoms with van der Waals surface area (Å²) in [6, 6.07) is 4.04. The maximum Gasteiger partial charge on any atom is 0.338 e. The molecule has 5 rings (SSSR count). The van der Waals surface area contributed by atoms with E-state index in [0.717, 1.165) is 60.3 Å². The first kappa shape index (κ1) is 17.1. The molecule has 0 amide bonds. The number of rotatable bonds is 1. The average molecular weight is 368 g/mol. The van der Waals surface area contributed by atoms with Crippen molar-refractivity contribution in [3.63, 3.8) is 0 Å². The van der Waals surface area contributed by atoms with E-state index < -0.39 is 5.97 Å². The molecule has 1 aromatic heterocycles. The third-order valence-electron chi connectivity index (χ3n) is 7.03. The SMILES string of the molecule is Cc1[nH]c2ccc3c(c2c1C(=O)O)CC1CCCN2CCCCCCC12O3. The van der Waals surface area contributed by atoms with Crippen LogP contribution in [0.15, 0.2) is 12.1 Å². The standard InChI is InChI=1S/C22H28N2O3/c1-14-19(21(25)26)20-16-13-15-7-6-12-24-11-5-3-2-4-10-22(15,24)27-18(16)9-8-17(20)23-14/h8-9,15,23H,2-7,10-13H2,1H3,(H,25,26). The zero-order valence-corrected chi connectivity index (χ0v) is 16.0. The van der Waals surface area contributed by atoms with E-state index in [1.807, 2.05) is 13.0 Å². The van der Waals surface area contributed by atoms with E-state index in [4.69, 9.17) is 4.74 Å². The minimum absolute atomic E-state index is 0.186. The van der Waals surface area contributed by atoms with Crippen LogP contribution in [0.1, 0.15) is 66.6 Å². The van der Waals surface area contributed by atoms with Crippen molar-refractivity contribution in [3.8, 4) is 5.75 Å². The molecule has 0 radical (unpaired) electrons. The molecule has 2 aromatic rings. The van der Waals surface area contributed by atoms with Crippen LogP contribution in [0.3, 0.4) is 0 Å². The zero-order valence-electron chi connectivity index (χ0n) is 16.0. The molecule has 5 heteroatoms. The lowest BCUT2D eigenvalue weighted by Gasteiger charge is -2.55. The summed E-state index contributed by atoms with van der Waals surface area (Å²) in [6.45, 7) is 4.09. The van der Waals surface area contributed by atoms with Gasteiger partial charge in [-0.25, -0.2) is 4.79 Å². The van der Waals surface area contributed by atoms with Crippen molar-refractivity contribution in [3.05, 3.63) is 29.0 Å². The Hall–Kier alpha value is -2.01. The number of carboxylic acid groups (broad SMARTS) is 1. The Bertz CT molecular complexity index is 903. The van der Waals surface area contributed by atoms with Crippen molar-refractivity contribution in [2.24, 2.45) is 5.92 Å². The second kappa shape index (κ2) is 6.26. The number of aromatic amines is 1. The molecule has 0 saturated carbocycles. The Labute approximate surface area is 159 Å². The van der Waals surface area contributed by atoms with Gasteiger partial charge in [-0.1, -0.05) is 12.8 Å². The van der Waals surface area contributed by atoms with Crippen molar-refractivity contribution >= 4 is 16.9 Å². The second-order valence-electron chi connectivity index (χ2n) is 8.54. The summed E-state index contributed by atoms with van der Waals surface area (Å²) in [4.78, 5) is 17.8. The number of aryl methyl sites for hydroxylation is 1. The van der Waals surface area contributed by atoms with Crippen LogP contribution in [0.5, 0.6) is 5.75 Å². The van der Waals surface area contributed by atoms with Crippen LogP contribution in [0.25, 0.3) is 10.9 Å². The molecule has 27 heavy (non-hydrogen) atoms. The molecule has 2 saturated heterocycles. The summed E-state index contributed by atoms with van der Waals surface area (Å²) in [6.07, 6.45) is 9.46.